The molecule has 1 aromatic rings. The topological polar surface area (TPSA) is 72.3 Å². The average molecular weight is 196 g/mol. The van der Waals surface area contributed by atoms with E-state index in [0.717, 1.165) is 0 Å². The van der Waals surface area contributed by atoms with Gasteiger partial charge in [-0.1, -0.05) is 0 Å². The molecule has 0 aliphatic rings. The second-order valence-corrected chi connectivity index (χ2v) is 2.79. The van der Waals surface area contributed by atoms with Gasteiger partial charge >= 0.3 is 5.97 Å². The van der Waals surface area contributed by atoms with Crippen molar-refractivity contribution in [2.45, 2.75) is 19.8 Å². The Hall–Kier alpha value is -1.65. The summed E-state index contributed by atoms with van der Waals surface area (Å²) >= 11 is 0. The molecule has 0 atom stereocenters. The summed E-state index contributed by atoms with van der Waals surface area (Å²) < 4.78 is 5.22. The lowest BCUT2D eigenvalue weighted by atomic mass is 10.3. The number of ether oxygens (including phenoxy) is 1. The van der Waals surface area contributed by atoms with E-state index in [0.29, 0.717) is 24.7 Å². The number of carbonyl (C=O) groups is 1. The standard InChI is InChI=1S/C9H12N2O3/c1-7-10-5-4-8(11-7)14-6-2-3-9(12)13/h4-5H,2-3,6H2,1H3,(H,12,13). The molecule has 0 aliphatic carbocycles. The van der Waals surface area contributed by atoms with Crippen LogP contribution in [0.15, 0.2) is 12.3 Å². The van der Waals surface area contributed by atoms with Gasteiger partial charge in [0.05, 0.1) is 6.61 Å². The van der Waals surface area contributed by atoms with E-state index in [9.17, 15) is 4.79 Å². The highest BCUT2D eigenvalue weighted by molar-refractivity contribution is 5.66. The number of aryl methyl sites for hydroxylation is 1. The maximum Gasteiger partial charge on any atom is 0.303 e. The van der Waals surface area contributed by atoms with Crippen LogP contribution in [0.4, 0.5) is 0 Å². The van der Waals surface area contributed by atoms with Gasteiger partial charge in [0, 0.05) is 18.7 Å². The molecule has 5 heteroatoms. The zero-order valence-corrected chi connectivity index (χ0v) is 7.93. The molecule has 0 fully saturated rings. The monoisotopic (exact) mass is 196 g/mol. The molecule has 1 rings (SSSR count). The van der Waals surface area contributed by atoms with Crippen molar-refractivity contribution in [3.8, 4) is 5.88 Å². The first kappa shape index (κ1) is 10.4. The van der Waals surface area contributed by atoms with Crippen molar-refractivity contribution in [1.82, 2.24) is 9.97 Å². The summed E-state index contributed by atoms with van der Waals surface area (Å²) in [7, 11) is 0. The number of carboxylic acid groups (broad SMARTS) is 1. The molecule has 0 bridgehead atoms. The van der Waals surface area contributed by atoms with Crippen LogP contribution in [0.5, 0.6) is 5.88 Å². The summed E-state index contributed by atoms with van der Waals surface area (Å²) in [5, 5.41) is 8.37. The number of carboxylic acids is 1. The third-order valence-corrected chi connectivity index (χ3v) is 1.54. The summed E-state index contributed by atoms with van der Waals surface area (Å²) in [6, 6.07) is 1.65. The highest BCUT2D eigenvalue weighted by Gasteiger charge is 1.98. The van der Waals surface area contributed by atoms with Gasteiger partial charge in [0.1, 0.15) is 5.82 Å². The first-order chi connectivity index (χ1) is 6.68. The maximum absolute atomic E-state index is 10.2. The van der Waals surface area contributed by atoms with E-state index in [1.54, 1.807) is 19.2 Å². The zero-order chi connectivity index (χ0) is 10.4. The van der Waals surface area contributed by atoms with E-state index in [4.69, 9.17) is 9.84 Å². The summed E-state index contributed by atoms with van der Waals surface area (Å²) in [5.41, 5.74) is 0. The molecular weight excluding hydrogens is 184 g/mol. The Morgan fingerprint density at radius 3 is 3.07 bits per heavy atom. The molecule has 0 aromatic carbocycles. The summed E-state index contributed by atoms with van der Waals surface area (Å²) in [4.78, 5) is 18.1. The Morgan fingerprint density at radius 1 is 1.64 bits per heavy atom. The summed E-state index contributed by atoms with van der Waals surface area (Å²) in [6.07, 6.45) is 2.21. The fourth-order valence-electron chi connectivity index (χ4n) is 0.915. The summed E-state index contributed by atoms with van der Waals surface area (Å²) in [6.45, 7) is 2.13. The second-order valence-electron chi connectivity index (χ2n) is 2.79. The van der Waals surface area contributed by atoms with Gasteiger partial charge in [-0.25, -0.2) is 4.98 Å². The maximum atomic E-state index is 10.2. The van der Waals surface area contributed by atoms with Crippen molar-refractivity contribution in [2.75, 3.05) is 6.61 Å². The number of rotatable bonds is 5. The fourth-order valence-corrected chi connectivity index (χ4v) is 0.915. The molecule has 0 amide bonds. The number of hydrogen-bond acceptors (Lipinski definition) is 4. The molecule has 0 saturated heterocycles. The molecule has 76 valence electrons. The Bertz CT molecular complexity index is 315. The van der Waals surface area contributed by atoms with E-state index in [-0.39, 0.29) is 6.42 Å². The largest absolute Gasteiger partial charge is 0.481 e. The Labute approximate surface area is 81.8 Å². The van der Waals surface area contributed by atoms with Gasteiger partial charge in [-0.2, -0.15) is 4.98 Å². The molecule has 14 heavy (non-hydrogen) atoms. The Kier molecular flexibility index (Phi) is 3.84. The number of hydrogen-bond donors (Lipinski definition) is 1. The van der Waals surface area contributed by atoms with Gasteiger partial charge in [0.25, 0.3) is 0 Å². The number of nitrogens with zero attached hydrogens (tertiary/aromatic N) is 2. The van der Waals surface area contributed by atoms with Crippen molar-refractivity contribution in [3.63, 3.8) is 0 Å². The van der Waals surface area contributed by atoms with Crippen molar-refractivity contribution in [2.24, 2.45) is 0 Å². The van der Waals surface area contributed by atoms with Gasteiger partial charge in [-0.15, -0.1) is 0 Å². The summed E-state index contributed by atoms with van der Waals surface area (Å²) in [5.74, 6) is 0.316. The minimum Gasteiger partial charge on any atom is -0.481 e. The number of aliphatic carboxylic acids is 1. The van der Waals surface area contributed by atoms with Crippen LogP contribution in [-0.2, 0) is 4.79 Å². The van der Waals surface area contributed by atoms with Crippen LogP contribution < -0.4 is 4.74 Å². The van der Waals surface area contributed by atoms with Crippen LogP contribution >= 0.6 is 0 Å². The highest BCUT2D eigenvalue weighted by atomic mass is 16.5. The van der Waals surface area contributed by atoms with Crippen LogP contribution in [0.2, 0.25) is 0 Å². The van der Waals surface area contributed by atoms with Crippen LogP contribution in [-0.4, -0.2) is 27.7 Å². The van der Waals surface area contributed by atoms with E-state index in [1.165, 1.54) is 0 Å². The van der Waals surface area contributed by atoms with Crippen LogP contribution in [0.3, 0.4) is 0 Å². The molecule has 1 aromatic heterocycles. The minimum absolute atomic E-state index is 0.115. The third kappa shape index (κ3) is 3.84. The first-order valence-electron chi connectivity index (χ1n) is 4.33. The normalized spacial score (nSPS) is 9.79. The average Bonchev–Trinajstić information content (AvgIpc) is 2.12. The quantitative estimate of drug-likeness (QED) is 0.712. The van der Waals surface area contributed by atoms with Gasteiger partial charge in [0.15, 0.2) is 0 Å². The molecular formula is C9H12N2O3. The highest BCUT2D eigenvalue weighted by Crippen LogP contribution is 2.05. The van der Waals surface area contributed by atoms with Crippen LogP contribution in [0.1, 0.15) is 18.7 Å². The Morgan fingerprint density at radius 2 is 2.43 bits per heavy atom. The van der Waals surface area contributed by atoms with Crippen molar-refractivity contribution in [3.05, 3.63) is 18.1 Å². The lowest BCUT2D eigenvalue weighted by Crippen LogP contribution is -2.03. The lowest BCUT2D eigenvalue weighted by molar-refractivity contribution is -0.137. The van der Waals surface area contributed by atoms with Crippen molar-refractivity contribution in [1.29, 1.82) is 0 Å². The second kappa shape index (κ2) is 5.16. The van der Waals surface area contributed by atoms with Crippen LogP contribution in [0, 0.1) is 6.92 Å². The fraction of sp³-hybridized carbons (Fsp3) is 0.444. The van der Waals surface area contributed by atoms with E-state index < -0.39 is 5.97 Å². The van der Waals surface area contributed by atoms with Crippen molar-refractivity contribution < 1.29 is 14.6 Å². The van der Waals surface area contributed by atoms with Crippen LogP contribution in [0.25, 0.3) is 0 Å². The predicted octanol–water partition coefficient (Wildman–Crippen LogP) is 1.03. The number of aromatic nitrogens is 2. The lowest BCUT2D eigenvalue weighted by Gasteiger charge is -2.03. The minimum atomic E-state index is -0.813. The SMILES string of the molecule is Cc1nccc(OCCCC(=O)O)n1. The zero-order valence-electron chi connectivity index (χ0n) is 7.93. The smallest absolute Gasteiger partial charge is 0.303 e. The Balaban J connectivity index is 2.28. The van der Waals surface area contributed by atoms with Gasteiger partial charge < -0.3 is 9.84 Å². The predicted molar refractivity (Wildman–Crippen MR) is 49.1 cm³/mol. The molecule has 0 unspecified atom stereocenters. The first-order valence-corrected chi connectivity index (χ1v) is 4.33. The molecule has 0 saturated carbocycles. The van der Waals surface area contributed by atoms with Gasteiger partial charge in [-0.05, 0) is 13.3 Å². The molecule has 1 heterocycles. The van der Waals surface area contributed by atoms with E-state index in [2.05, 4.69) is 9.97 Å². The molecule has 5 nitrogen and oxygen atoms in total. The van der Waals surface area contributed by atoms with E-state index >= 15 is 0 Å². The van der Waals surface area contributed by atoms with Crippen molar-refractivity contribution >= 4 is 5.97 Å². The van der Waals surface area contributed by atoms with Gasteiger partial charge in [0.2, 0.25) is 5.88 Å². The molecule has 0 radical (unpaired) electrons. The van der Waals surface area contributed by atoms with E-state index in [1.807, 2.05) is 0 Å². The molecule has 0 aliphatic heterocycles. The van der Waals surface area contributed by atoms with Gasteiger partial charge in [-0.3, -0.25) is 4.79 Å². The molecule has 0 spiro atoms. The third-order valence-electron chi connectivity index (χ3n) is 1.54. The molecule has 1 N–H and O–H groups in total.